The van der Waals surface area contributed by atoms with E-state index in [0.717, 1.165) is 0 Å². The molecule has 0 aromatic carbocycles. The number of aliphatic hydroxyl groups excluding tert-OH is 1. The van der Waals surface area contributed by atoms with Gasteiger partial charge in [0.2, 0.25) is 0 Å². The van der Waals surface area contributed by atoms with Crippen molar-refractivity contribution in [1.29, 1.82) is 0 Å². The highest BCUT2D eigenvalue weighted by Gasteiger charge is 2.13. The number of anilines is 1. The van der Waals surface area contributed by atoms with Gasteiger partial charge in [-0.05, 0) is 25.0 Å². The summed E-state index contributed by atoms with van der Waals surface area (Å²) >= 11 is 0. The van der Waals surface area contributed by atoms with E-state index in [9.17, 15) is 4.79 Å². The maximum absolute atomic E-state index is 11.6. The molecule has 0 spiro atoms. The van der Waals surface area contributed by atoms with Crippen molar-refractivity contribution in [1.82, 2.24) is 4.98 Å². The summed E-state index contributed by atoms with van der Waals surface area (Å²) in [6.45, 7) is 4.64. The van der Waals surface area contributed by atoms with Crippen LogP contribution in [0.3, 0.4) is 0 Å². The van der Waals surface area contributed by atoms with E-state index in [1.807, 2.05) is 6.92 Å². The van der Waals surface area contributed by atoms with Gasteiger partial charge >= 0.3 is 5.97 Å². The SMILES string of the molecule is CCOC(=O)c1cccnc1NCC(C)CO. The summed E-state index contributed by atoms with van der Waals surface area (Å²) in [4.78, 5) is 15.7. The highest BCUT2D eigenvalue weighted by molar-refractivity contribution is 5.94. The van der Waals surface area contributed by atoms with Crippen LogP contribution in [0.25, 0.3) is 0 Å². The minimum Gasteiger partial charge on any atom is -0.462 e. The lowest BCUT2D eigenvalue weighted by molar-refractivity contribution is 0.0527. The Morgan fingerprint density at radius 2 is 2.41 bits per heavy atom. The van der Waals surface area contributed by atoms with Crippen LogP contribution in [-0.4, -0.2) is 35.8 Å². The van der Waals surface area contributed by atoms with Gasteiger partial charge in [-0.1, -0.05) is 6.92 Å². The zero-order chi connectivity index (χ0) is 12.7. The lowest BCUT2D eigenvalue weighted by Gasteiger charge is -2.12. The van der Waals surface area contributed by atoms with E-state index in [0.29, 0.717) is 24.5 Å². The molecule has 0 aliphatic carbocycles. The van der Waals surface area contributed by atoms with E-state index in [2.05, 4.69) is 10.3 Å². The monoisotopic (exact) mass is 238 g/mol. The van der Waals surface area contributed by atoms with Crippen LogP contribution < -0.4 is 5.32 Å². The van der Waals surface area contributed by atoms with Crippen molar-refractivity contribution in [2.45, 2.75) is 13.8 Å². The molecule has 0 saturated carbocycles. The molecule has 2 N–H and O–H groups in total. The first-order valence-corrected chi connectivity index (χ1v) is 5.65. The summed E-state index contributed by atoms with van der Waals surface area (Å²) in [5, 5.41) is 12.0. The summed E-state index contributed by atoms with van der Waals surface area (Å²) in [5.74, 6) is 0.207. The lowest BCUT2D eigenvalue weighted by atomic mass is 10.2. The van der Waals surface area contributed by atoms with E-state index in [1.54, 1.807) is 25.3 Å². The number of aliphatic hydroxyl groups is 1. The quantitative estimate of drug-likeness (QED) is 0.731. The minimum absolute atomic E-state index is 0.0918. The molecule has 5 heteroatoms. The second-order valence-corrected chi connectivity index (χ2v) is 3.79. The van der Waals surface area contributed by atoms with Crippen molar-refractivity contribution in [2.24, 2.45) is 5.92 Å². The Hall–Kier alpha value is -1.62. The van der Waals surface area contributed by atoms with Gasteiger partial charge in [-0.15, -0.1) is 0 Å². The Morgan fingerprint density at radius 3 is 3.06 bits per heavy atom. The van der Waals surface area contributed by atoms with Crippen molar-refractivity contribution in [3.63, 3.8) is 0 Å². The zero-order valence-corrected chi connectivity index (χ0v) is 10.1. The summed E-state index contributed by atoms with van der Waals surface area (Å²) in [6, 6.07) is 3.35. The van der Waals surface area contributed by atoms with Crippen LogP contribution in [-0.2, 0) is 4.74 Å². The van der Waals surface area contributed by atoms with E-state index in [1.165, 1.54) is 0 Å². The molecule has 1 atom stereocenters. The molecule has 0 aliphatic rings. The fourth-order valence-corrected chi connectivity index (χ4v) is 1.26. The van der Waals surface area contributed by atoms with Crippen molar-refractivity contribution in [3.8, 4) is 0 Å². The number of aromatic nitrogens is 1. The van der Waals surface area contributed by atoms with Crippen LogP contribution >= 0.6 is 0 Å². The van der Waals surface area contributed by atoms with Crippen LogP contribution in [0.1, 0.15) is 24.2 Å². The van der Waals surface area contributed by atoms with Gasteiger partial charge in [0.1, 0.15) is 11.4 Å². The molecule has 1 rings (SSSR count). The molecule has 0 radical (unpaired) electrons. The number of esters is 1. The van der Waals surface area contributed by atoms with Crippen LogP contribution in [0.5, 0.6) is 0 Å². The van der Waals surface area contributed by atoms with E-state index in [-0.39, 0.29) is 18.5 Å². The highest BCUT2D eigenvalue weighted by atomic mass is 16.5. The van der Waals surface area contributed by atoms with Gasteiger partial charge < -0.3 is 15.2 Å². The minimum atomic E-state index is -0.389. The maximum atomic E-state index is 11.6. The predicted molar refractivity (Wildman–Crippen MR) is 64.9 cm³/mol. The van der Waals surface area contributed by atoms with Gasteiger partial charge in [0.25, 0.3) is 0 Å². The molecule has 5 nitrogen and oxygen atoms in total. The molecule has 0 aliphatic heterocycles. The third kappa shape index (κ3) is 4.03. The highest BCUT2D eigenvalue weighted by Crippen LogP contribution is 2.13. The van der Waals surface area contributed by atoms with Crippen LogP contribution in [0.2, 0.25) is 0 Å². The first kappa shape index (κ1) is 13.4. The van der Waals surface area contributed by atoms with Crippen molar-refractivity contribution < 1.29 is 14.6 Å². The molecular weight excluding hydrogens is 220 g/mol. The number of hydrogen-bond donors (Lipinski definition) is 2. The molecule has 1 heterocycles. The van der Waals surface area contributed by atoms with Crippen LogP contribution in [0.15, 0.2) is 18.3 Å². The Morgan fingerprint density at radius 1 is 1.65 bits per heavy atom. The largest absolute Gasteiger partial charge is 0.462 e. The van der Waals surface area contributed by atoms with Crippen LogP contribution in [0.4, 0.5) is 5.82 Å². The van der Waals surface area contributed by atoms with Gasteiger partial charge in [0.15, 0.2) is 0 Å². The van der Waals surface area contributed by atoms with Gasteiger partial charge in [-0.2, -0.15) is 0 Å². The molecule has 0 fully saturated rings. The first-order valence-electron chi connectivity index (χ1n) is 5.65. The second-order valence-electron chi connectivity index (χ2n) is 3.79. The summed E-state index contributed by atoms with van der Waals surface area (Å²) in [6.07, 6.45) is 1.61. The number of nitrogens with zero attached hydrogens (tertiary/aromatic N) is 1. The molecule has 0 saturated heterocycles. The third-order valence-corrected chi connectivity index (χ3v) is 2.23. The molecule has 1 aromatic heterocycles. The number of hydrogen-bond acceptors (Lipinski definition) is 5. The second kappa shape index (κ2) is 6.85. The fourth-order valence-electron chi connectivity index (χ4n) is 1.26. The summed E-state index contributed by atoms with van der Waals surface area (Å²) in [5.41, 5.74) is 0.416. The zero-order valence-electron chi connectivity index (χ0n) is 10.1. The number of carbonyl (C=O) groups excluding carboxylic acids is 1. The van der Waals surface area contributed by atoms with Crippen molar-refractivity contribution in [2.75, 3.05) is 25.1 Å². The Kier molecular flexibility index (Phi) is 5.42. The Labute approximate surface area is 101 Å². The summed E-state index contributed by atoms with van der Waals surface area (Å²) < 4.78 is 4.93. The number of nitrogens with one attached hydrogen (secondary N) is 1. The molecule has 0 bridgehead atoms. The first-order chi connectivity index (χ1) is 8.19. The van der Waals surface area contributed by atoms with Crippen molar-refractivity contribution in [3.05, 3.63) is 23.9 Å². The fraction of sp³-hybridized carbons (Fsp3) is 0.500. The number of rotatable bonds is 6. The van der Waals surface area contributed by atoms with Crippen molar-refractivity contribution >= 4 is 11.8 Å². The van der Waals surface area contributed by atoms with Gasteiger partial charge in [-0.25, -0.2) is 9.78 Å². The Balaban J connectivity index is 2.74. The Bertz CT molecular complexity index is 369. The lowest BCUT2D eigenvalue weighted by Crippen LogP contribution is -2.18. The normalized spacial score (nSPS) is 11.9. The maximum Gasteiger partial charge on any atom is 0.341 e. The number of carbonyl (C=O) groups is 1. The molecule has 17 heavy (non-hydrogen) atoms. The average molecular weight is 238 g/mol. The number of pyridine rings is 1. The van der Waals surface area contributed by atoms with Gasteiger partial charge in [0, 0.05) is 19.3 Å². The van der Waals surface area contributed by atoms with Gasteiger partial charge in [0.05, 0.1) is 6.61 Å². The van der Waals surface area contributed by atoms with Gasteiger partial charge in [-0.3, -0.25) is 0 Å². The topological polar surface area (TPSA) is 71.5 Å². The molecule has 1 aromatic rings. The molecule has 1 unspecified atom stereocenters. The molecule has 0 amide bonds. The molecular formula is C12H18N2O3. The standard InChI is InChI=1S/C12H18N2O3/c1-3-17-12(16)10-5-4-6-13-11(10)14-7-9(2)8-15/h4-6,9,15H,3,7-8H2,1-2H3,(H,13,14). The average Bonchev–Trinajstić information content (AvgIpc) is 2.36. The smallest absolute Gasteiger partial charge is 0.341 e. The predicted octanol–water partition coefficient (Wildman–Crippen LogP) is 1.30. The van der Waals surface area contributed by atoms with E-state index >= 15 is 0 Å². The summed E-state index contributed by atoms with van der Waals surface area (Å²) in [7, 11) is 0. The number of ether oxygens (including phenoxy) is 1. The van der Waals surface area contributed by atoms with E-state index < -0.39 is 0 Å². The molecule has 94 valence electrons. The van der Waals surface area contributed by atoms with Crippen LogP contribution in [0, 0.1) is 5.92 Å². The van der Waals surface area contributed by atoms with E-state index in [4.69, 9.17) is 9.84 Å². The third-order valence-electron chi connectivity index (χ3n) is 2.23.